The van der Waals surface area contributed by atoms with Gasteiger partial charge in [0.25, 0.3) is 5.91 Å². The molecule has 106 valence electrons. The minimum absolute atomic E-state index is 0.136. The number of rotatable bonds is 2. The minimum atomic E-state index is 0.136. The van der Waals surface area contributed by atoms with Crippen molar-refractivity contribution in [3.63, 3.8) is 0 Å². The smallest absolute Gasteiger partial charge is 0.264 e. The van der Waals surface area contributed by atoms with Gasteiger partial charge in [-0.1, -0.05) is 18.2 Å². The highest BCUT2D eigenvalue weighted by atomic mass is 32.1. The van der Waals surface area contributed by atoms with Crippen molar-refractivity contribution in [1.82, 2.24) is 9.88 Å². The number of carbonyl (C=O) groups is 1. The summed E-state index contributed by atoms with van der Waals surface area (Å²) in [6, 6.07) is 12.1. The normalized spacial score (nSPS) is 18.5. The van der Waals surface area contributed by atoms with E-state index in [1.54, 1.807) is 11.3 Å². The lowest BCUT2D eigenvalue weighted by molar-refractivity contribution is 0.0740. The summed E-state index contributed by atoms with van der Waals surface area (Å²) in [7, 11) is 0. The lowest BCUT2D eigenvalue weighted by Gasteiger charge is -2.22. The summed E-state index contributed by atoms with van der Waals surface area (Å²) >= 11 is 3.22. The Bertz CT molecular complexity index is 746. The second-order valence-corrected chi connectivity index (χ2v) is 7.16. The predicted octanol–water partition coefficient (Wildman–Crippen LogP) is 4.34. The molecule has 1 saturated heterocycles. The summed E-state index contributed by atoms with van der Waals surface area (Å²) in [5.74, 6) is 0.145. The van der Waals surface area contributed by atoms with Crippen LogP contribution < -0.4 is 0 Å². The van der Waals surface area contributed by atoms with Gasteiger partial charge in [0.1, 0.15) is 5.01 Å². The van der Waals surface area contributed by atoms with Crippen molar-refractivity contribution >= 4 is 38.8 Å². The van der Waals surface area contributed by atoms with Gasteiger partial charge in [-0.15, -0.1) is 22.7 Å². The van der Waals surface area contributed by atoms with Crippen molar-refractivity contribution in [1.29, 1.82) is 0 Å². The number of thiazole rings is 1. The molecule has 1 aliphatic rings. The van der Waals surface area contributed by atoms with E-state index in [1.165, 1.54) is 16.0 Å². The lowest BCUT2D eigenvalue weighted by atomic mass is 10.2. The van der Waals surface area contributed by atoms with Crippen LogP contribution in [0.1, 0.15) is 33.6 Å². The highest BCUT2D eigenvalue weighted by Gasteiger charge is 2.33. The third-order valence-corrected chi connectivity index (χ3v) is 5.84. The molecule has 1 unspecified atom stereocenters. The largest absolute Gasteiger partial charge is 0.328 e. The fourth-order valence-electron chi connectivity index (χ4n) is 2.84. The van der Waals surface area contributed by atoms with E-state index < -0.39 is 0 Å². The van der Waals surface area contributed by atoms with Crippen molar-refractivity contribution in [2.45, 2.75) is 18.9 Å². The zero-order valence-electron chi connectivity index (χ0n) is 11.4. The topological polar surface area (TPSA) is 33.2 Å². The van der Waals surface area contributed by atoms with Crippen LogP contribution in [-0.4, -0.2) is 22.3 Å². The van der Waals surface area contributed by atoms with Gasteiger partial charge in [0.05, 0.1) is 21.1 Å². The second kappa shape index (κ2) is 5.24. The number of para-hydroxylation sites is 1. The number of benzene rings is 1. The standard InChI is InChI=1S/C16H14N2OS2/c19-16(14-8-4-10-20-14)18-9-3-6-12(18)15-17-11-5-1-2-7-13(11)21-15/h1-2,4-5,7-8,10,12H,3,6,9H2. The SMILES string of the molecule is O=C(c1cccs1)N1CCCC1c1nc2ccccc2s1. The van der Waals surface area contributed by atoms with E-state index in [0.29, 0.717) is 0 Å². The number of aromatic nitrogens is 1. The number of amides is 1. The minimum Gasteiger partial charge on any atom is -0.328 e. The highest BCUT2D eigenvalue weighted by Crippen LogP contribution is 2.37. The van der Waals surface area contributed by atoms with Crippen molar-refractivity contribution in [2.24, 2.45) is 0 Å². The van der Waals surface area contributed by atoms with Gasteiger partial charge in [-0.25, -0.2) is 4.98 Å². The Hall–Kier alpha value is -1.72. The molecule has 0 radical (unpaired) electrons. The zero-order chi connectivity index (χ0) is 14.2. The fourth-order valence-corrected chi connectivity index (χ4v) is 4.64. The van der Waals surface area contributed by atoms with E-state index >= 15 is 0 Å². The molecule has 0 spiro atoms. The summed E-state index contributed by atoms with van der Waals surface area (Å²) in [5.41, 5.74) is 1.04. The molecule has 1 aliphatic heterocycles. The van der Waals surface area contributed by atoms with Crippen LogP contribution in [0.15, 0.2) is 41.8 Å². The summed E-state index contributed by atoms with van der Waals surface area (Å²) < 4.78 is 1.20. The molecule has 4 rings (SSSR count). The van der Waals surface area contributed by atoms with Crippen LogP contribution >= 0.6 is 22.7 Å². The first-order valence-electron chi connectivity index (χ1n) is 7.03. The molecule has 0 aliphatic carbocycles. The van der Waals surface area contributed by atoms with Crippen LogP contribution in [-0.2, 0) is 0 Å². The van der Waals surface area contributed by atoms with Crippen LogP contribution in [0.2, 0.25) is 0 Å². The Morgan fingerprint density at radius 1 is 1.24 bits per heavy atom. The highest BCUT2D eigenvalue weighted by molar-refractivity contribution is 7.18. The van der Waals surface area contributed by atoms with E-state index in [2.05, 4.69) is 6.07 Å². The Balaban J connectivity index is 1.68. The number of nitrogens with zero attached hydrogens (tertiary/aromatic N) is 2. The van der Waals surface area contributed by atoms with Crippen molar-refractivity contribution in [2.75, 3.05) is 6.54 Å². The third kappa shape index (κ3) is 2.26. The van der Waals surface area contributed by atoms with Gasteiger partial charge in [0.2, 0.25) is 0 Å². The molecule has 0 bridgehead atoms. The molecule has 1 fully saturated rings. The van der Waals surface area contributed by atoms with Crippen molar-refractivity contribution in [3.8, 4) is 0 Å². The average Bonchev–Trinajstić information content (AvgIpc) is 3.24. The van der Waals surface area contributed by atoms with Gasteiger partial charge < -0.3 is 4.90 Å². The van der Waals surface area contributed by atoms with Gasteiger partial charge in [-0.3, -0.25) is 4.79 Å². The number of hydrogen-bond acceptors (Lipinski definition) is 4. The van der Waals surface area contributed by atoms with E-state index in [0.717, 1.165) is 34.8 Å². The zero-order valence-corrected chi connectivity index (χ0v) is 13.0. The molecule has 0 saturated carbocycles. The van der Waals surface area contributed by atoms with E-state index in [4.69, 9.17) is 4.98 Å². The first kappa shape index (κ1) is 13.0. The molecule has 3 heterocycles. The molecular formula is C16H14N2OS2. The quantitative estimate of drug-likeness (QED) is 0.705. The molecule has 0 N–H and O–H groups in total. The van der Waals surface area contributed by atoms with Gasteiger partial charge in [-0.05, 0) is 36.4 Å². The summed E-state index contributed by atoms with van der Waals surface area (Å²) in [6.45, 7) is 0.831. The summed E-state index contributed by atoms with van der Waals surface area (Å²) in [4.78, 5) is 20.2. The number of fused-ring (bicyclic) bond motifs is 1. The van der Waals surface area contributed by atoms with Crippen molar-refractivity contribution < 1.29 is 4.79 Å². The molecule has 1 atom stereocenters. The second-order valence-electron chi connectivity index (χ2n) is 5.15. The van der Waals surface area contributed by atoms with Gasteiger partial charge >= 0.3 is 0 Å². The first-order chi connectivity index (χ1) is 10.3. The number of hydrogen-bond donors (Lipinski definition) is 0. The average molecular weight is 314 g/mol. The molecule has 3 aromatic rings. The van der Waals surface area contributed by atoms with Crippen molar-refractivity contribution in [3.05, 3.63) is 51.7 Å². The van der Waals surface area contributed by atoms with Crippen LogP contribution in [0, 0.1) is 0 Å². The monoisotopic (exact) mass is 314 g/mol. The lowest BCUT2D eigenvalue weighted by Crippen LogP contribution is -2.29. The van der Waals surface area contributed by atoms with Gasteiger partial charge in [-0.2, -0.15) is 0 Å². The first-order valence-corrected chi connectivity index (χ1v) is 8.72. The maximum absolute atomic E-state index is 12.6. The number of carbonyl (C=O) groups excluding carboxylic acids is 1. The molecule has 5 heteroatoms. The molecule has 1 aromatic carbocycles. The van der Waals surface area contributed by atoms with E-state index in [-0.39, 0.29) is 11.9 Å². The van der Waals surface area contributed by atoms with Gasteiger partial charge in [0, 0.05) is 6.54 Å². The summed E-state index contributed by atoms with van der Waals surface area (Å²) in [6.07, 6.45) is 2.06. The predicted molar refractivity (Wildman–Crippen MR) is 87.0 cm³/mol. The molecule has 2 aromatic heterocycles. The van der Waals surface area contributed by atoms with Crippen LogP contribution in [0.3, 0.4) is 0 Å². The Morgan fingerprint density at radius 3 is 2.95 bits per heavy atom. The van der Waals surface area contributed by atoms with E-state index in [9.17, 15) is 4.79 Å². The van der Waals surface area contributed by atoms with E-state index in [1.807, 2.05) is 40.6 Å². The van der Waals surface area contributed by atoms with Crippen LogP contribution in [0.25, 0.3) is 10.2 Å². The Morgan fingerprint density at radius 2 is 2.14 bits per heavy atom. The summed E-state index contributed by atoms with van der Waals surface area (Å²) in [5, 5.41) is 3.02. The van der Waals surface area contributed by atoms with Gasteiger partial charge in [0.15, 0.2) is 0 Å². The third-order valence-electron chi connectivity index (χ3n) is 3.84. The maximum atomic E-state index is 12.6. The molecule has 1 amide bonds. The maximum Gasteiger partial charge on any atom is 0.264 e. The fraction of sp³-hybridized carbons (Fsp3) is 0.250. The Kier molecular flexibility index (Phi) is 3.24. The molecular weight excluding hydrogens is 300 g/mol. The Labute approximate surface area is 130 Å². The number of likely N-dealkylation sites (tertiary alicyclic amines) is 1. The molecule has 3 nitrogen and oxygen atoms in total. The number of thiophene rings is 1. The van der Waals surface area contributed by atoms with Crippen LogP contribution in [0.5, 0.6) is 0 Å². The molecule has 21 heavy (non-hydrogen) atoms. The van der Waals surface area contributed by atoms with Crippen LogP contribution in [0.4, 0.5) is 0 Å².